The van der Waals surface area contributed by atoms with Crippen LogP contribution in [0.4, 0.5) is 5.00 Å². The Hall–Kier alpha value is -2.14. The molecule has 1 N–H and O–H groups in total. The molecule has 2 aromatic rings. The first kappa shape index (κ1) is 16.2. The first-order valence-electron chi connectivity index (χ1n) is 7.12. The van der Waals surface area contributed by atoms with E-state index in [4.69, 9.17) is 4.74 Å². The molecule has 0 aliphatic rings. The molecule has 0 aliphatic carbocycles. The van der Waals surface area contributed by atoms with Crippen molar-refractivity contribution in [2.75, 3.05) is 11.9 Å². The van der Waals surface area contributed by atoms with E-state index in [0.29, 0.717) is 17.2 Å². The summed E-state index contributed by atoms with van der Waals surface area (Å²) in [5, 5.41) is 5.10. The highest BCUT2D eigenvalue weighted by molar-refractivity contribution is 7.14. The Kier molecular flexibility index (Phi) is 5.33. The van der Waals surface area contributed by atoms with Crippen LogP contribution in [0.2, 0.25) is 0 Å². The molecule has 22 heavy (non-hydrogen) atoms. The summed E-state index contributed by atoms with van der Waals surface area (Å²) in [6, 6.07) is 7.67. The molecule has 5 heteroatoms. The van der Waals surface area contributed by atoms with Gasteiger partial charge in [0, 0.05) is 0 Å². The Balaban J connectivity index is 2.06. The Bertz CT molecular complexity index is 691. The standard InChI is InChI=1S/C17H19NO3S/c1-4-21-17(20)14-7-8-22-16(14)18-15(19)10-13-6-5-11(2)9-12(13)3/h5-9H,4,10H2,1-3H3,(H,18,19). The lowest BCUT2D eigenvalue weighted by Gasteiger charge is -2.08. The highest BCUT2D eigenvalue weighted by atomic mass is 32.1. The zero-order valence-electron chi connectivity index (χ0n) is 12.9. The van der Waals surface area contributed by atoms with Crippen LogP contribution in [0.5, 0.6) is 0 Å². The maximum absolute atomic E-state index is 12.2. The van der Waals surface area contributed by atoms with Crippen molar-refractivity contribution in [1.29, 1.82) is 0 Å². The zero-order chi connectivity index (χ0) is 16.1. The molecule has 0 bridgehead atoms. The average Bonchev–Trinajstić information content (AvgIpc) is 2.90. The monoisotopic (exact) mass is 317 g/mol. The van der Waals surface area contributed by atoms with Gasteiger partial charge in [-0.25, -0.2) is 4.79 Å². The molecule has 0 radical (unpaired) electrons. The number of thiophene rings is 1. The molecule has 0 atom stereocenters. The van der Waals surface area contributed by atoms with Gasteiger partial charge in [0.15, 0.2) is 0 Å². The van der Waals surface area contributed by atoms with Gasteiger partial charge in [0.25, 0.3) is 0 Å². The van der Waals surface area contributed by atoms with Crippen molar-refractivity contribution in [3.8, 4) is 0 Å². The van der Waals surface area contributed by atoms with Crippen LogP contribution < -0.4 is 5.32 Å². The fourth-order valence-corrected chi connectivity index (χ4v) is 2.95. The van der Waals surface area contributed by atoms with Crippen LogP contribution in [0.1, 0.15) is 34.0 Å². The third kappa shape index (κ3) is 3.95. The number of aryl methyl sites for hydroxylation is 2. The van der Waals surface area contributed by atoms with Crippen LogP contribution in [0.25, 0.3) is 0 Å². The van der Waals surface area contributed by atoms with E-state index in [2.05, 4.69) is 11.4 Å². The maximum atomic E-state index is 12.2. The second-order valence-corrected chi connectivity index (χ2v) is 5.95. The summed E-state index contributed by atoms with van der Waals surface area (Å²) in [6.45, 7) is 6.08. The van der Waals surface area contributed by atoms with E-state index in [0.717, 1.165) is 11.1 Å². The number of anilines is 1. The van der Waals surface area contributed by atoms with Crippen molar-refractivity contribution in [2.45, 2.75) is 27.2 Å². The molecule has 0 fully saturated rings. The lowest BCUT2D eigenvalue weighted by molar-refractivity contribution is -0.115. The largest absolute Gasteiger partial charge is 0.462 e. The Labute approximate surface area is 134 Å². The topological polar surface area (TPSA) is 55.4 Å². The fourth-order valence-electron chi connectivity index (χ4n) is 2.16. The number of nitrogens with one attached hydrogen (secondary N) is 1. The lowest BCUT2D eigenvalue weighted by atomic mass is 10.0. The zero-order valence-corrected chi connectivity index (χ0v) is 13.8. The minimum atomic E-state index is -0.412. The minimum Gasteiger partial charge on any atom is -0.462 e. The number of amides is 1. The summed E-state index contributed by atoms with van der Waals surface area (Å²) in [4.78, 5) is 24.0. The van der Waals surface area contributed by atoms with Gasteiger partial charge in [-0.15, -0.1) is 11.3 Å². The Morgan fingerprint density at radius 1 is 1.23 bits per heavy atom. The van der Waals surface area contributed by atoms with E-state index >= 15 is 0 Å². The SMILES string of the molecule is CCOC(=O)c1ccsc1NC(=O)Cc1ccc(C)cc1C. The molecule has 1 aromatic carbocycles. The molecule has 1 aromatic heterocycles. The van der Waals surface area contributed by atoms with Gasteiger partial charge in [-0.2, -0.15) is 0 Å². The number of ether oxygens (including phenoxy) is 1. The summed E-state index contributed by atoms with van der Waals surface area (Å²) in [6.07, 6.45) is 0.284. The molecule has 0 spiro atoms. The number of esters is 1. The highest BCUT2D eigenvalue weighted by Crippen LogP contribution is 2.24. The van der Waals surface area contributed by atoms with E-state index in [1.54, 1.807) is 18.4 Å². The van der Waals surface area contributed by atoms with Crippen LogP contribution in [-0.4, -0.2) is 18.5 Å². The van der Waals surface area contributed by atoms with E-state index < -0.39 is 5.97 Å². The molecule has 0 saturated heterocycles. The second-order valence-electron chi connectivity index (χ2n) is 5.04. The van der Waals surface area contributed by atoms with Crippen molar-refractivity contribution in [2.24, 2.45) is 0 Å². The quantitative estimate of drug-likeness (QED) is 0.855. The highest BCUT2D eigenvalue weighted by Gasteiger charge is 2.16. The summed E-state index contributed by atoms with van der Waals surface area (Å²) in [7, 11) is 0. The molecule has 1 amide bonds. The summed E-state index contributed by atoms with van der Waals surface area (Å²) in [5.41, 5.74) is 3.65. The van der Waals surface area contributed by atoms with Gasteiger partial charge in [0.2, 0.25) is 5.91 Å². The van der Waals surface area contributed by atoms with Gasteiger partial charge in [-0.3, -0.25) is 4.79 Å². The van der Waals surface area contributed by atoms with Crippen LogP contribution in [0.15, 0.2) is 29.6 Å². The third-order valence-corrected chi connectivity index (χ3v) is 4.09. The van der Waals surface area contributed by atoms with Gasteiger partial charge in [0.05, 0.1) is 18.6 Å². The maximum Gasteiger partial charge on any atom is 0.341 e. The summed E-state index contributed by atoms with van der Waals surface area (Å²) >= 11 is 1.32. The number of benzene rings is 1. The molecule has 4 nitrogen and oxygen atoms in total. The predicted octanol–water partition coefficient (Wildman–Crippen LogP) is 3.72. The number of carbonyl (C=O) groups excluding carboxylic acids is 2. The second kappa shape index (κ2) is 7.22. The normalized spacial score (nSPS) is 10.3. The summed E-state index contributed by atoms with van der Waals surface area (Å²) in [5.74, 6) is -0.550. The van der Waals surface area contributed by atoms with Crippen molar-refractivity contribution >= 4 is 28.2 Å². The molecular formula is C17H19NO3S. The van der Waals surface area contributed by atoms with Crippen LogP contribution in [0, 0.1) is 13.8 Å². The lowest BCUT2D eigenvalue weighted by Crippen LogP contribution is -2.16. The molecule has 0 unspecified atom stereocenters. The van der Waals surface area contributed by atoms with Crippen molar-refractivity contribution in [3.05, 3.63) is 51.9 Å². The van der Waals surface area contributed by atoms with Gasteiger partial charge >= 0.3 is 5.97 Å². The first-order valence-corrected chi connectivity index (χ1v) is 7.99. The smallest absolute Gasteiger partial charge is 0.341 e. The molecule has 1 heterocycles. The minimum absolute atomic E-state index is 0.139. The average molecular weight is 317 g/mol. The van der Waals surface area contributed by atoms with E-state index in [-0.39, 0.29) is 12.3 Å². The predicted molar refractivity (Wildman–Crippen MR) is 88.5 cm³/mol. The Morgan fingerprint density at radius 3 is 2.68 bits per heavy atom. The van der Waals surface area contributed by atoms with Crippen molar-refractivity contribution in [3.63, 3.8) is 0 Å². The molecular weight excluding hydrogens is 298 g/mol. The summed E-state index contributed by atoms with van der Waals surface area (Å²) < 4.78 is 4.98. The van der Waals surface area contributed by atoms with E-state index in [9.17, 15) is 9.59 Å². The van der Waals surface area contributed by atoms with Crippen LogP contribution in [0.3, 0.4) is 0 Å². The van der Waals surface area contributed by atoms with Crippen LogP contribution >= 0.6 is 11.3 Å². The van der Waals surface area contributed by atoms with Gasteiger partial charge < -0.3 is 10.1 Å². The molecule has 116 valence electrons. The first-order chi connectivity index (χ1) is 10.5. The number of carbonyl (C=O) groups is 2. The third-order valence-electron chi connectivity index (χ3n) is 3.26. The van der Waals surface area contributed by atoms with Gasteiger partial charge in [0.1, 0.15) is 5.00 Å². The van der Waals surface area contributed by atoms with Crippen LogP contribution in [-0.2, 0) is 16.0 Å². The Morgan fingerprint density at radius 2 is 2.00 bits per heavy atom. The van der Waals surface area contributed by atoms with Crippen molar-refractivity contribution in [1.82, 2.24) is 0 Å². The van der Waals surface area contributed by atoms with E-state index in [1.165, 1.54) is 16.9 Å². The molecule has 0 saturated carbocycles. The molecule has 2 rings (SSSR count). The number of rotatable bonds is 5. The van der Waals surface area contributed by atoms with Crippen molar-refractivity contribution < 1.29 is 14.3 Å². The number of hydrogen-bond donors (Lipinski definition) is 1. The van der Waals surface area contributed by atoms with Gasteiger partial charge in [-0.1, -0.05) is 23.8 Å². The fraction of sp³-hybridized carbons (Fsp3) is 0.294. The van der Waals surface area contributed by atoms with Gasteiger partial charge in [-0.05, 0) is 43.3 Å². The number of hydrogen-bond acceptors (Lipinski definition) is 4. The van der Waals surface area contributed by atoms with E-state index in [1.807, 2.05) is 26.0 Å². The molecule has 0 aliphatic heterocycles.